The Kier molecular flexibility index (Phi) is 11.9. The van der Waals surface area contributed by atoms with Gasteiger partial charge in [0.1, 0.15) is 11.2 Å². The molecule has 3 saturated carbocycles. The van der Waals surface area contributed by atoms with Crippen LogP contribution in [0.2, 0.25) is 0 Å². The van der Waals surface area contributed by atoms with Gasteiger partial charge in [-0.25, -0.2) is 0 Å². The summed E-state index contributed by atoms with van der Waals surface area (Å²) in [7, 11) is 1.52. The van der Waals surface area contributed by atoms with E-state index in [0.29, 0.717) is 111 Å². The number of aliphatic hydroxyl groups excluding tert-OH is 2. The molecule has 306 valence electrons. The first kappa shape index (κ1) is 39.8. The molecule has 1 aromatic heterocycles. The molecule has 4 fully saturated rings. The fourth-order valence-corrected chi connectivity index (χ4v) is 11.7. The van der Waals surface area contributed by atoms with Crippen molar-refractivity contribution in [3.8, 4) is 23.3 Å². The lowest BCUT2D eigenvalue weighted by Gasteiger charge is -2.51. The Morgan fingerprint density at radius 1 is 1.04 bits per heavy atom. The van der Waals surface area contributed by atoms with Crippen LogP contribution in [0.5, 0.6) is 11.5 Å². The number of phenolic OH excluding ortho intramolecular Hbond substituents is 1. The van der Waals surface area contributed by atoms with Crippen LogP contribution in [-0.2, 0) is 22.4 Å². The van der Waals surface area contributed by atoms with Crippen LogP contribution >= 0.6 is 0 Å². The van der Waals surface area contributed by atoms with Gasteiger partial charge in [0, 0.05) is 50.2 Å². The number of nitrogens with one attached hydrogen (secondary N) is 3. The zero-order valence-corrected chi connectivity index (χ0v) is 33.5. The van der Waals surface area contributed by atoms with E-state index in [1.807, 2.05) is 24.5 Å². The van der Waals surface area contributed by atoms with Gasteiger partial charge in [-0.2, -0.15) is 0 Å². The van der Waals surface area contributed by atoms with Gasteiger partial charge in [-0.15, -0.1) is 0 Å². The molecule has 10 atom stereocenters. The Balaban J connectivity index is 0.965. The second-order valence-corrected chi connectivity index (χ2v) is 18.2. The zero-order valence-electron chi connectivity index (χ0n) is 33.5. The SMILES string of the molecule is COc1cc2c(cc1O)C(CCC(O)CCC1=C(Cc3cc[nH]c3)CNC(N)=C1)C#CC1(CCC(C3CCC4C(CNC5CC(=O)CCC54)C3)CC1O)C(=O)CC2. The number of aromatic amines is 1. The second-order valence-electron chi connectivity index (χ2n) is 18.2. The predicted molar refractivity (Wildman–Crippen MR) is 219 cm³/mol. The lowest BCUT2D eigenvalue weighted by Crippen LogP contribution is -2.55. The van der Waals surface area contributed by atoms with Crippen LogP contribution in [0.15, 0.2) is 53.6 Å². The number of allylic oxidation sites excluding steroid dienone is 2. The number of aromatic nitrogens is 1. The van der Waals surface area contributed by atoms with E-state index in [4.69, 9.17) is 10.5 Å². The largest absolute Gasteiger partial charge is 0.504 e. The number of hydrogen-bond acceptors (Lipinski definition) is 9. The number of phenols is 1. The van der Waals surface area contributed by atoms with Gasteiger partial charge in [-0.05, 0) is 172 Å². The van der Waals surface area contributed by atoms with E-state index in [1.165, 1.54) is 24.7 Å². The summed E-state index contributed by atoms with van der Waals surface area (Å²) in [6.45, 7) is 1.66. The van der Waals surface area contributed by atoms with Crippen molar-refractivity contribution in [1.29, 1.82) is 0 Å². The normalized spacial score (nSPS) is 33.3. The minimum atomic E-state index is -1.13. The van der Waals surface area contributed by atoms with Crippen molar-refractivity contribution < 1.29 is 29.6 Å². The third-order valence-corrected chi connectivity index (χ3v) is 15.0. The summed E-state index contributed by atoms with van der Waals surface area (Å²) in [6.07, 6.45) is 16.2. The average molecular weight is 779 g/mol. The number of nitrogens with two attached hydrogens (primary N) is 1. The topological polar surface area (TPSA) is 170 Å². The first-order chi connectivity index (χ1) is 27.6. The highest BCUT2D eigenvalue weighted by Gasteiger charge is 2.51. The molecule has 0 amide bonds. The van der Waals surface area contributed by atoms with Gasteiger partial charge in [0.25, 0.3) is 0 Å². The number of fused-ring (bicyclic) bond motifs is 4. The molecule has 1 saturated heterocycles. The summed E-state index contributed by atoms with van der Waals surface area (Å²) < 4.78 is 5.48. The van der Waals surface area contributed by atoms with E-state index >= 15 is 0 Å². The molecular formula is C47H62N4O6. The van der Waals surface area contributed by atoms with E-state index in [2.05, 4.69) is 33.5 Å². The maximum absolute atomic E-state index is 14.3. The number of ketones is 2. The number of aryl methyl sites for hydroxylation is 1. The van der Waals surface area contributed by atoms with E-state index < -0.39 is 17.6 Å². The highest BCUT2D eigenvalue weighted by Crippen LogP contribution is 2.51. The van der Waals surface area contributed by atoms with E-state index in [-0.39, 0.29) is 23.9 Å². The lowest BCUT2D eigenvalue weighted by atomic mass is 9.57. The molecule has 0 bridgehead atoms. The molecule has 3 heterocycles. The summed E-state index contributed by atoms with van der Waals surface area (Å²) in [5.41, 5.74) is 10.4. The van der Waals surface area contributed by atoms with E-state index in [0.717, 1.165) is 61.8 Å². The van der Waals surface area contributed by atoms with E-state index in [1.54, 1.807) is 6.07 Å². The van der Waals surface area contributed by atoms with Crippen LogP contribution in [0.1, 0.15) is 112 Å². The van der Waals surface area contributed by atoms with Gasteiger partial charge in [-0.3, -0.25) is 9.59 Å². The molecule has 10 unspecified atom stereocenters. The predicted octanol–water partition coefficient (Wildman–Crippen LogP) is 5.72. The Hall–Kier alpha value is -4.04. The molecule has 10 nitrogen and oxygen atoms in total. The number of rotatable bonds is 10. The molecule has 8 N–H and O–H groups in total. The molecule has 6 aliphatic rings. The minimum Gasteiger partial charge on any atom is -0.504 e. The Bertz CT molecular complexity index is 1930. The van der Waals surface area contributed by atoms with Crippen LogP contribution in [0.25, 0.3) is 0 Å². The summed E-state index contributed by atoms with van der Waals surface area (Å²) in [6, 6.07) is 5.97. The van der Waals surface area contributed by atoms with Crippen molar-refractivity contribution in [3.05, 3.63) is 70.3 Å². The lowest BCUT2D eigenvalue weighted by molar-refractivity contribution is -0.135. The Morgan fingerprint density at radius 2 is 1.89 bits per heavy atom. The number of piperidine rings is 1. The molecule has 2 aliphatic heterocycles. The summed E-state index contributed by atoms with van der Waals surface area (Å²) in [5.74, 6) is 10.8. The third kappa shape index (κ3) is 8.44. The van der Waals surface area contributed by atoms with E-state index in [9.17, 15) is 24.9 Å². The number of Topliss-reactive ketones (excluding diaryl/α,β-unsaturated/α-hetero) is 2. The number of benzene rings is 1. The van der Waals surface area contributed by atoms with Crippen LogP contribution in [-0.4, -0.2) is 70.3 Å². The number of carbonyl (C=O) groups excluding carboxylic acids is 2. The summed E-state index contributed by atoms with van der Waals surface area (Å²) in [4.78, 5) is 29.6. The smallest absolute Gasteiger partial charge is 0.160 e. The Morgan fingerprint density at radius 3 is 2.70 bits per heavy atom. The molecule has 8 rings (SSSR count). The average Bonchev–Trinajstić information content (AvgIpc) is 3.74. The zero-order chi connectivity index (χ0) is 39.7. The quantitative estimate of drug-likeness (QED) is 0.149. The number of hydrogen-bond donors (Lipinski definition) is 7. The second kappa shape index (κ2) is 17.1. The van der Waals surface area contributed by atoms with Crippen LogP contribution < -0.4 is 21.1 Å². The van der Waals surface area contributed by atoms with Crippen molar-refractivity contribution in [2.24, 2.45) is 40.7 Å². The van der Waals surface area contributed by atoms with Gasteiger partial charge in [0.05, 0.1) is 25.1 Å². The first-order valence-electron chi connectivity index (χ1n) is 21.7. The Labute approximate surface area is 337 Å². The number of aromatic hydroxyl groups is 1. The van der Waals surface area contributed by atoms with Crippen molar-refractivity contribution in [1.82, 2.24) is 15.6 Å². The molecule has 2 aromatic rings. The van der Waals surface area contributed by atoms with Gasteiger partial charge >= 0.3 is 0 Å². The number of methoxy groups -OCH3 is 1. The molecule has 57 heavy (non-hydrogen) atoms. The maximum Gasteiger partial charge on any atom is 0.160 e. The molecular weight excluding hydrogens is 717 g/mol. The van der Waals surface area contributed by atoms with Crippen molar-refractivity contribution in [2.45, 2.75) is 127 Å². The monoisotopic (exact) mass is 778 g/mol. The third-order valence-electron chi connectivity index (χ3n) is 15.0. The number of carbonyl (C=O) groups is 2. The summed E-state index contributed by atoms with van der Waals surface area (Å²) >= 11 is 0. The molecule has 10 heteroatoms. The van der Waals surface area contributed by atoms with Crippen molar-refractivity contribution >= 4 is 11.6 Å². The standard InChI is InChI=1S/C47H62N4O6/c1-57-43-20-33-5-11-44(55)47(16-13-32(21-45(47)56)30-4-9-38-35(19-30)27-50-41-23-37(53)8-10-39(38)41)15-12-29(40(33)24-42(43)54)2-6-36(52)7-3-31-22-46(48)51-26-34(31)18-28-14-17-49-25-28/h14,17,20,22,24-25,29-30,32,35-36,38-39,41,45,49-52,54,56H,2-11,13,16,18-19,21,23,26-27,48H2,1H3. The fourth-order valence-electron chi connectivity index (χ4n) is 11.7. The molecule has 1 spiro atoms. The first-order valence-corrected chi connectivity index (χ1v) is 21.7. The number of H-pyrrole nitrogens is 1. The number of ether oxygens (including phenoxy) is 1. The van der Waals surface area contributed by atoms with Crippen molar-refractivity contribution in [2.75, 3.05) is 20.2 Å². The molecule has 0 radical (unpaired) electrons. The number of aliphatic hydroxyl groups is 2. The highest BCUT2D eigenvalue weighted by molar-refractivity contribution is 5.89. The maximum atomic E-state index is 14.3. The van der Waals surface area contributed by atoms with Gasteiger partial charge in [0.15, 0.2) is 17.3 Å². The van der Waals surface area contributed by atoms with Crippen molar-refractivity contribution in [3.63, 3.8) is 0 Å². The summed E-state index contributed by atoms with van der Waals surface area (Å²) in [5, 5.41) is 41.3. The minimum absolute atomic E-state index is 0.00396. The van der Waals surface area contributed by atoms with Gasteiger partial charge < -0.3 is 41.4 Å². The van der Waals surface area contributed by atoms with Gasteiger partial charge in [-0.1, -0.05) is 11.8 Å². The molecule has 1 aromatic carbocycles. The van der Waals surface area contributed by atoms with Crippen LogP contribution in [0.3, 0.4) is 0 Å². The molecule has 4 aliphatic carbocycles. The highest BCUT2D eigenvalue weighted by atomic mass is 16.5. The van der Waals surface area contributed by atoms with Crippen LogP contribution in [0.4, 0.5) is 0 Å². The van der Waals surface area contributed by atoms with Crippen LogP contribution in [0, 0.1) is 46.8 Å². The van der Waals surface area contributed by atoms with Gasteiger partial charge in [0.2, 0.25) is 0 Å². The fraction of sp³-hybridized carbons (Fsp3) is 0.617. The number of dihydropyridines is 1.